The normalized spacial score (nSPS) is 11.1. The van der Waals surface area contributed by atoms with Crippen molar-refractivity contribution in [3.8, 4) is 6.07 Å². The van der Waals surface area contributed by atoms with Crippen LogP contribution in [-0.4, -0.2) is 0 Å². The van der Waals surface area contributed by atoms with E-state index in [1.165, 1.54) is 12.1 Å². The Kier molecular flexibility index (Phi) is 3.47. The summed E-state index contributed by atoms with van der Waals surface area (Å²) >= 11 is 8.70. The summed E-state index contributed by atoms with van der Waals surface area (Å²) in [6.07, 6.45) is 1.16. The van der Waals surface area contributed by atoms with Crippen molar-refractivity contribution in [1.82, 2.24) is 0 Å². The van der Waals surface area contributed by atoms with Crippen LogP contribution < -0.4 is 0 Å². The molecule has 0 aliphatic carbocycles. The molecule has 0 amide bonds. The number of nitriles is 1. The monoisotopic (exact) mass is 259 g/mol. The van der Waals surface area contributed by atoms with E-state index in [1.54, 1.807) is 12.1 Å². The predicted molar refractivity (Wildman–Crippen MR) is 53.5 cm³/mol. The third-order valence-corrected chi connectivity index (χ3v) is 2.36. The Morgan fingerprint density at radius 2 is 2.31 bits per heavy atom. The minimum atomic E-state index is -0.401. The molecule has 0 saturated carbocycles. The van der Waals surface area contributed by atoms with E-state index < -0.39 is 5.82 Å². The molecule has 0 heterocycles. The Morgan fingerprint density at radius 1 is 1.62 bits per heavy atom. The van der Waals surface area contributed by atoms with Gasteiger partial charge < -0.3 is 0 Å². The minimum Gasteiger partial charge on any atom is -0.206 e. The molecule has 0 bridgehead atoms. The van der Waals surface area contributed by atoms with Crippen LogP contribution in [0, 0.1) is 17.1 Å². The Labute approximate surface area is 88.6 Å². The summed E-state index contributed by atoms with van der Waals surface area (Å²) in [6, 6.07) is 6.20. The van der Waals surface area contributed by atoms with E-state index in [0.717, 1.165) is 6.08 Å². The van der Waals surface area contributed by atoms with E-state index in [1.807, 2.05) is 0 Å². The maximum Gasteiger partial charge on any atom is 0.138 e. The maximum atomic E-state index is 13.0. The van der Waals surface area contributed by atoms with Crippen LogP contribution in [0.25, 0.3) is 5.03 Å². The fraction of sp³-hybridized carbons (Fsp3) is 0. The highest BCUT2D eigenvalue weighted by Gasteiger charge is 2.02. The van der Waals surface area contributed by atoms with E-state index >= 15 is 0 Å². The number of benzene rings is 1. The molecule has 1 nitrogen and oxygen atoms in total. The van der Waals surface area contributed by atoms with Crippen LogP contribution in [0.2, 0.25) is 0 Å². The maximum absolute atomic E-state index is 13.0. The standard InChI is InChI=1S/C9H4BrClFN/c10-7-2-1-6(5-9(7)12)8(11)3-4-13/h1-3,5H. The Balaban J connectivity index is 3.13. The quantitative estimate of drug-likeness (QED) is 0.707. The molecule has 1 rings (SSSR count). The second-order valence-electron chi connectivity index (χ2n) is 2.25. The highest BCUT2D eigenvalue weighted by molar-refractivity contribution is 9.10. The van der Waals surface area contributed by atoms with Gasteiger partial charge in [0.1, 0.15) is 5.82 Å². The van der Waals surface area contributed by atoms with Crippen molar-refractivity contribution in [1.29, 1.82) is 5.26 Å². The highest BCUT2D eigenvalue weighted by Crippen LogP contribution is 2.23. The SMILES string of the molecule is N#CC=C(Cl)c1ccc(Br)c(F)c1. The summed E-state index contributed by atoms with van der Waals surface area (Å²) in [5, 5.41) is 8.54. The molecule has 1 aromatic rings. The molecule has 0 aliphatic rings. The third kappa shape index (κ3) is 2.55. The first-order chi connectivity index (χ1) is 6.15. The summed E-state index contributed by atoms with van der Waals surface area (Å²) in [4.78, 5) is 0. The number of halogens is 3. The molecule has 0 N–H and O–H groups in total. The molecule has 13 heavy (non-hydrogen) atoms. The molecule has 66 valence electrons. The fourth-order valence-corrected chi connectivity index (χ4v) is 1.20. The fourth-order valence-electron chi connectivity index (χ4n) is 0.785. The van der Waals surface area contributed by atoms with Crippen molar-refractivity contribution in [3.05, 3.63) is 40.1 Å². The lowest BCUT2D eigenvalue weighted by molar-refractivity contribution is 0.621. The highest BCUT2D eigenvalue weighted by atomic mass is 79.9. The van der Waals surface area contributed by atoms with Gasteiger partial charge >= 0.3 is 0 Å². The van der Waals surface area contributed by atoms with E-state index in [0.29, 0.717) is 10.0 Å². The zero-order chi connectivity index (χ0) is 9.84. The average Bonchev–Trinajstić information content (AvgIpc) is 2.10. The van der Waals surface area contributed by atoms with Crippen LogP contribution >= 0.6 is 27.5 Å². The summed E-state index contributed by atoms with van der Waals surface area (Å²) in [5.41, 5.74) is 0.490. The number of hydrogen-bond acceptors (Lipinski definition) is 1. The largest absolute Gasteiger partial charge is 0.206 e. The van der Waals surface area contributed by atoms with E-state index in [4.69, 9.17) is 16.9 Å². The van der Waals surface area contributed by atoms with Gasteiger partial charge in [0, 0.05) is 6.08 Å². The molecule has 0 unspecified atom stereocenters. The third-order valence-electron chi connectivity index (χ3n) is 1.39. The molecule has 0 saturated heterocycles. The zero-order valence-corrected chi connectivity index (χ0v) is 8.73. The topological polar surface area (TPSA) is 23.8 Å². The first-order valence-electron chi connectivity index (χ1n) is 3.36. The van der Waals surface area contributed by atoms with Crippen LogP contribution in [0.15, 0.2) is 28.7 Å². The average molecular weight is 260 g/mol. The summed E-state index contributed by atoms with van der Waals surface area (Å²) in [6.45, 7) is 0. The van der Waals surface area contributed by atoms with Gasteiger partial charge in [-0.3, -0.25) is 0 Å². The van der Waals surface area contributed by atoms with Crippen LogP contribution in [0.1, 0.15) is 5.56 Å². The van der Waals surface area contributed by atoms with Crippen LogP contribution in [-0.2, 0) is 0 Å². The Morgan fingerprint density at radius 3 is 2.85 bits per heavy atom. The van der Waals surface area contributed by atoms with E-state index in [-0.39, 0.29) is 5.03 Å². The molecule has 0 aromatic heterocycles. The number of rotatable bonds is 1. The van der Waals surface area contributed by atoms with Gasteiger partial charge in [-0.15, -0.1) is 0 Å². The van der Waals surface area contributed by atoms with Crippen molar-refractivity contribution in [2.24, 2.45) is 0 Å². The second kappa shape index (κ2) is 4.40. The second-order valence-corrected chi connectivity index (χ2v) is 3.51. The molecular weight excluding hydrogens is 256 g/mol. The predicted octanol–water partition coefficient (Wildman–Crippen LogP) is 3.69. The molecule has 0 fully saturated rings. The summed E-state index contributed by atoms with van der Waals surface area (Å²) < 4.78 is 13.3. The van der Waals surface area contributed by atoms with Gasteiger partial charge in [-0.2, -0.15) is 5.26 Å². The van der Waals surface area contributed by atoms with Crippen molar-refractivity contribution in [2.45, 2.75) is 0 Å². The van der Waals surface area contributed by atoms with Gasteiger partial charge in [-0.25, -0.2) is 4.39 Å². The summed E-state index contributed by atoms with van der Waals surface area (Å²) in [5.74, 6) is -0.401. The van der Waals surface area contributed by atoms with E-state index in [2.05, 4.69) is 15.9 Å². The van der Waals surface area contributed by atoms with Crippen molar-refractivity contribution in [3.63, 3.8) is 0 Å². The zero-order valence-electron chi connectivity index (χ0n) is 6.39. The lowest BCUT2D eigenvalue weighted by Gasteiger charge is -1.99. The van der Waals surface area contributed by atoms with Crippen LogP contribution in [0.5, 0.6) is 0 Å². The van der Waals surface area contributed by atoms with Gasteiger partial charge in [0.05, 0.1) is 15.6 Å². The Hall–Kier alpha value is -0.850. The van der Waals surface area contributed by atoms with Crippen molar-refractivity contribution < 1.29 is 4.39 Å². The number of hydrogen-bond donors (Lipinski definition) is 0. The van der Waals surface area contributed by atoms with Gasteiger partial charge in [0.2, 0.25) is 0 Å². The molecule has 0 radical (unpaired) electrons. The smallest absolute Gasteiger partial charge is 0.138 e. The van der Waals surface area contributed by atoms with Gasteiger partial charge in [0.25, 0.3) is 0 Å². The number of allylic oxidation sites excluding steroid dienone is 1. The van der Waals surface area contributed by atoms with Crippen molar-refractivity contribution >= 4 is 32.6 Å². The first-order valence-corrected chi connectivity index (χ1v) is 4.53. The van der Waals surface area contributed by atoms with E-state index in [9.17, 15) is 4.39 Å². The molecule has 4 heteroatoms. The lowest BCUT2D eigenvalue weighted by Crippen LogP contribution is -1.81. The first kappa shape index (κ1) is 10.2. The molecular formula is C9H4BrClFN. The van der Waals surface area contributed by atoms with Gasteiger partial charge in [0.15, 0.2) is 0 Å². The van der Waals surface area contributed by atoms with Crippen LogP contribution in [0.4, 0.5) is 4.39 Å². The molecule has 0 spiro atoms. The summed E-state index contributed by atoms with van der Waals surface area (Å²) in [7, 11) is 0. The molecule has 1 aromatic carbocycles. The molecule has 0 aliphatic heterocycles. The van der Waals surface area contributed by atoms with Gasteiger partial charge in [-0.1, -0.05) is 17.7 Å². The van der Waals surface area contributed by atoms with Crippen LogP contribution in [0.3, 0.4) is 0 Å². The Bertz CT molecular complexity index is 395. The minimum absolute atomic E-state index is 0.230. The number of nitrogens with zero attached hydrogens (tertiary/aromatic N) is 1. The van der Waals surface area contributed by atoms with Crippen molar-refractivity contribution in [2.75, 3.05) is 0 Å². The van der Waals surface area contributed by atoms with Gasteiger partial charge in [-0.05, 0) is 33.6 Å². The molecule has 0 atom stereocenters. The lowest BCUT2D eigenvalue weighted by atomic mass is 10.2.